The predicted octanol–water partition coefficient (Wildman–Crippen LogP) is 4.87. The Hall–Kier alpha value is -0.920. The SMILES string of the molecule is CC[C@H]1[C@@H]2CCC3=C(CCC(=O)C3)[C@H]2CC[C@]1(C)CC(C)=O. The summed E-state index contributed by atoms with van der Waals surface area (Å²) in [6.45, 7) is 6.41. The maximum atomic E-state index is 11.8. The van der Waals surface area contributed by atoms with Gasteiger partial charge in [-0.15, -0.1) is 0 Å². The van der Waals surface area contributed by atoms with Crippen molar-refractivity contribution < 1.29 is 9.59 Å². The van der Waals surface area contributed by atoms with Crippen LogP contribution < -0.4 is 0 Å². The topological polar surface area (TPSA) is 34.1 Å². The summed E-state index contributed by atoms with van der Waals surface area (Å²) in [4.78, 5) is 23.5. The predicted molar refractivity (Wildman–Crippen MR) is 88.5 cm³/mol. The lowest BCUT2D eigenvalue weighted by molar-refractivity contribution is -0.122. The fourth-order valence-corrected chi connectivity index (χ4v) is 6.03. The van der Waals surface area contributed by atoms with Gasteiger partial charge in [-0.3, -0.25) is 4.79 Å². The molecule has 0 radical (unpaired) electrons. The fraction of sp³-hybridized carbons (Fsp3) is 0.800. The molecule has 0 heterocycles. The molecule has 0 aromatic rings. The minimum atomic E-state index is 0.199. The molecule has 1 saturated carbocycles. The summed E-state index contributed by atoms with van der Waals surface area (Å²) in [5.41, 5.74) is 3.34. The molecule has 22 heavy (non-hydrogen) atoms. The summed E-state index contributed by atoms with van der Waals surface area (Å²) in [6, 6.07) is 0. The lowest BCUT2D eigenvalue weighted by atomic mass is 9.52. The fourth-order valence-electron chi connectivity index (χ4n) is 6.03. The molecule has 2 nitrogen and oxygen atoms in total. The molecule has 0 N–H and O–H groups in total. The van der Waals surface area contributed by atoms with Crippen molar-refractivity contribution in [1.29, 1.82) is 0 Å². The van der Waals surface area contributed by atoms with Crippen LogP contribution in [0.25, 0.3) is 0 Å². The van der Waals surface area contributed by atoms with Gasteiger partial charge in [-0.25, -0.2) is 0 Å². The van der Waals surface area contributed by atoms with Gasteiger partial charge in [-0.05, 0) is 62.2 Å². The quantitative estimate of drug-likeness (QED) is 0.697. The first kappa shape index (κ1) is 16.0. The van der Waals surface area contributed by atoms with Crippen LogP contribution in [0.4, 0.5) is 0 Å². The molecule has 3 rings (SSSR count). The number of ketones is 2. The highest BCUT2D eigenvalue weighted by molar-refractivity contribution is 5.82. The van der Waals surface area contributed by atoms with Gasteiger partial charge in [0.15, 0.2) is 0 Å². The molecule has 0 aliphatic heterocycles. The van der Waals surface area contributed by atoms with Crippen molar-refractivity contribution in [1.82, 2.24) is 0 Å². The van der Waals surface area contributed by atoms with Gasteiger partial charge >= 0.3 is 0 Å². The first-order chi connectivity index (χ1) is 10.4. The Morgan fingerprint density at radius 3 is 2.68 bits per heavy atom. The highest BCUT2D eigenvalue weighted by Gasteiger charge is 2.48. The van der Waals surface area contributed by atoms with E-state index in [4.69, 9.17) is 0 Å². The standard InChI is InChI=1S/C20H30O2/c1-4-19-18-7-5-14-11-15(22)6-8-16(14)17(18)9-10-20(19,3)12-13(2)21/h17-19H,4-12H2,1-3H3/t17-,18-,19+,20-/m1/s1. The van der Waals surface area contributed by atoms with Crippen molar-refractivity contribution in [2.24, 2.45) is 23.2 Å². The van der Waals surface area contributed by atoms with Crippen molar-refractivity contribution in [3.63, 3.8) is 0 Å². The molecule has 0 saturated heterocycles. The van der Waals surface area contributed by atoms with E-state index in [1.165, 1.54) is 31.3 Å². The van der Waals surface area contributed by atoms with Crippen molar-refractivity contribution in [2.45, 2.75) is 78.6 Å². The van der Waals surface area contributed by atoms with E-state index >= 15 is 0 Å². The van der Waals surface area contributed by atoms with E-state index in [1.807, 2.05) is 0 Å². The zero-order chi connectivity index (χ0) is 15.9. The van der Waals surface area contributed by atoms with Crippen LogP contribution in [-0.2, 0) is 9.59 Å². The highest BCUT2D eigenvalue weighted by Crippen LogP contribution is 2.57. The molecule has 0 unspecified atom stereocenters. The van der Waals surface area contributed by atoms with Gasteiger partial charge in [0.2, 0.25) is 0 Å². The molecule has 0 amide bonds. The molecule has 1 fully saturated rings. The molecular formula is C20H30O2. The van der Waals surface area contributed by atoms with Crippen LogP contribution in [0.5, 0.6) is 0 Å². The Bertz CT molecular complexity index is 516. The van der Waals surface area contributed by atoms with Gasteiger partial charge in [0.1, 0.15) is 11.6 Å². The average Bonchev–Trinajstić information content (AvgIpc) is 2.45. The van der Waals surface area contributed by atoms with Crippen molar-refractivity contribution in [2.75, 3.05) is 0 Å². The number of fused-ring (bicyclic) bond motifs is 2. The Balaban J connectivity index is 1.87. The minimum Gasteiger partial charge on any atom is -0.300 e. The lowest BCUT2D eigenvalue weighted by Gasteiger charge is -2.53. The van der Waals surface area contributed by atoms with Gasteiger partial charge in [0.25, 0.3) is 0 Å². The maximum absolute atomic E-state index is 11.8. The van der Waals surface area contributed by atoms with Crippen LogP contribution in [0.1, 0.15) is 78.6 Å². The molecule has 2 heteroatoms. The molecule has 0 aromatic carbocycles. The third kappa shape index (κ3) is 2.70. The smallest absolute Gasteiger partial charge is 0.137 e. The first-order valence-corrected chi connectivity index (χ1v) is 9.16. The summed E-state index contributed by atoms with van der Waals surface area (Å²) in [5.74, 6) is 2.92. The average molecular weight is 302 g/mol. The second kappa shape index (κ2) is 5.94. The van der Waals surface area contributed by atoms with E-state index in [1.54, 1.807) is 12.5 Å². The van der Waals surface area contributed by atoms with E-state index in [0.717, 1.165) is 38.0 Å². The summed E-state index contributed by atoms with van der Waals surface area (Å²) in [7, 11) is 0. The zero-order valence-corrected chi connectivity index (χ0v) is 14.4. The second-order valence-electron chi connectivity index (χ2n) is 8.24. The summed E-state index contributed by atoms with van der Waals surface area (Å²) in [5, 5.41) is 0. The summed E-state index contributed by atoms with van der Waals surface area (Å²) < 4.78 is 0. The normalized spacial score (nSPS) is 38.5. The number of carbonyl (C=O) groups excluding carboxylic acids is 2. The molecule has 4 atom stereocenters. The molecule has 3 aliphatic carbocycles. The van der Waals surface area contributed by atoms with E-state index < -0.39 is 0 Å². The number of hydrogen-bond acceptors (Lipinski definition) is 2. The number of rotatable bonds is 3. The monoisotopic (exact) mass is 302 g/mol. The third-order valence-corrected chi connectivity index (χ3v) is 6.81. The van der Waals surface area contributed by atoms with E-state index in [2.05, 4.69) is 13.8 Å². The third-order valence-electron chi connectivity index (χ3n) is 6.81. The summed E-state index contributed by atoms with van der Waals surface area (Å²) >= 11 is 0. The van der Waals surface area contributed by atoms with Gasteiger partial charge in [-0.2, -0.15) is 0 Å². The second-order valence-corrected chi connectivity index (χ2v) is 8.24. The van der Waals surface area contributed by atoms with Gasteiger partial charge in [-0.1, -0.05) is 31.4 Å². The Morgan fingerprint density at radius 1 is 1.23 bits per heavy atom. The Morgan fingerprint density at radius 2 is 2.00 bits per heavy atom. The molecule has 0 bridgehead atoms. The van der Waals surface area contributed by atoms with Crippen molar-refractivity contribution >= 4 is 11.6 Å². The maximum Gasteiger partial charge on any atom is 0.137 e. The Labute approximate surface area is 134 Å². The van der Waals surface area contributed by atoms with Gasteiger partial charge in [0.05, 0.1) is 0 Å². The van der Waals surface area contributed by atoms with E-state index in [-0.39, 0.29) is 5.41 Å². The number of hydrogen-bond donors (Lipinski definition) is 0. The minimum absolute atomic E-state index is 0.199. The van der Waals surface area contributed by atoms with Crippen LogP contribution in [0.3, 0.4) is 0 Å². The van der Waals surface area contributed by atoms with Crippen molar-refractivity contribution in [3.05, 3.63) is 11.1 Å². The van der Waals surface area contributed by atoms with E-state index in [9.17, 15) is 9.59 Å². The van der Waals surface area contributed by atoms with Crippen LogP contribution in [0, 0.1) is 23.2 Å². The van der Waals surface area contributed by atoms with Crippen LogP contribution in [-0.4, -0.2) is 11.6 Å². The van der Waals surface area contributed by atoms with Crippen LogP contribution in [0.2, 0.25) is 0 Å². The molecule has 3 aliphatic rings. The summed E-state index contributed by atoms with van der Waals surface area (Å²) in [6.07, 6.45) is 9.25. The zero-order valence-electron chi connectivity index (χ0n) is 14.4. The van der Waals surface area contributed by atoms with Crippen LogP contribution in [0.15, 0.2) is 11.1 Å². The molecule has 0 spiro atoms. The number of carbonyl (C=O) groups is 2. The van der Waals surface area contributed by atoms with Gasteiger partial charge in [0, 0.05) is 19.3 Å². The molecule has 0 aromatic heterocycles. The molecular weight excluding hydrogens is 272 g/mol. The van der Waals surface area contributed by atoms with Gasteiger partial charge < -0.3 is 4.79 Å². The molecule has 122 valence electrons. The largest absolute Gasteiger partial charge is 0.300 e. The highest BCUT2D eigenvalue weighted by atomic mass is 16.1. The van der Waals surface area contributed by atoms with E-state index in [0.29, 0.717) is 23.4 Å². The lowest BCUT2D eigenvalue weighted by Crippen LogP contribution is -2.44. The number of allylic oxidation sites excluding steroid dienone is 2. The van der Waals surface area contributed by atoms with Crippen LogP contribution >= 0.6 is 0 Å². The Kier molecular flexibility index (Phi) is 4.31. The van der Waals surface area contributed by atoms with Crippen molar-refractivity contribution in [3.8, 4) is 0 Å². The first-order valence-electron chi connectivity index (χ1n) is 9.16. The number of Topliss-reactive ketones (excluding diaryl/α,β-unsaturated/α-hetero) is 2.